The number of rotatable bonds is 2. The highest BCUT2D eigenvalue weighted by Gasteiger charge is 2.49. The Hall–Kier alpha value is -3.93. The summed E-state index contributed by atoms with van der Waals surface area (Å²) in [4.78, 5) is 47.7. The maximum absolute atomic E-state index is 14.7. The van der Waals surface area contributed by atoms with Gasteiger partial charge in [0.2, 0.25) is 5.78 Å². The Morgan fingerprint density at radius 3 is 2.58 bits per heavy atom. The molecule has 1 aromatic heterocycles. The van der Waals surface area contributed by atoms with Gasteiger partial charge in [0.1, 0.15) is 24.4 Å². The molecular formula is C27H21ClF4N4O4. The van der Waals surface area contributed by atoms with Crippen molar-refractivity contribution in [1.82, 2.24) is 14.8 Å². The number of alkyl halides is 3. The van der Waals surface area contributed by atoms with Crippen LogP contribution < -0.4 is 4.90 Å². The minimum Gasteiger partial charge on any atom is -0.449 e. The molecule has 0 saturated carbocycles. The molecule has 1 atom stereocenters. The summed E-state index contributed by atoms with van der Waals surface area (Å²) in [5, 5.41) is -0.116. The fourth-order valence-corrected chi connectivity index (χ4v) is 5.97. The van der Waals surface area contributed by atoms with E-state index in [9.17, 15) is 31.9 Å². The molecule has 13 heteroatoms. The van der Waals surface area contributed by atoms with Crippen molar-refractivity contribution >= 4 is 35.2 Å². The number of carbonyl (C=O) groups excluding carboxylic acids is 3. The van der Waals surface area contributed by atoms with Crippen molar-refractivity contribution in [3.8, 4) is 0 Å². The van der Waals surface area contributed by atoms with Crippen molar-refractivity contribution in [1.29, 1.82) is 0 Å². The van der Waals surface area contributed by atoms with Crippen LogP contribution in [0.15, 0.2) is 54.4 Å². The van der Waals surface area contributed by atoms with E-state index in [0.717, 1.165) is 23.2 Å². The fourth-order valence-electron chi connectivity index (χ4n) is 5.69. The van der Waals surface area contributed by atoms with Gasteiger partial charge in [0, 0.05) is 36.8 Å². The summed E-state index contributed by atoms with van der Waals surface area (Å²) in [6.07, 6.45) is 0.0482. The van der Waals surface area contributed by atoms with E-state index in [-0.39, 0.29) is 40.8 Å². The third-order valence-corrected chi connectivity index (χ3v) is 8.10. The number of nitrogens with zero attached hydrogens (tertiary/aromatic N) is 4. The number of allylic oxidation sites excluding steroid dienone is 3. The predicted octanol–water partition coefficient (Wildman–Crippen LogP) is 5.05. The number of aromatic nitrogens is 1. The Kier molecular flexibility index (Phi) is 6.13. The maximum atomic E-state index is 14.7. The molecule has 1 spiro atoms. The first-order chi connectivity index (χ1) is 19.0. The number of fused-ring (bicyclic) bond motifs is 2. The van der Waals surface area contributed by atoms with Gasteiger partial charge < -0.3 is 9.64 Å². The molecule has 2 amide bonds. The molecule has 0 unspecified atom stereocenters. The van der Waals surface area contributed by atoms with Crippen LogP contribution in [0.2, 0.25) is 5.02 Å². The number of cyclic esters (lactones) is 1. The molecule has 6 rings (SSSR count). The second-order valence-electron chi connectivity index (χ2n) is 10.2. The average Bonchev–Trinajstić information content (AvgIpc) is 2.93. The van der Waals surface area contributed by atoms with Crippen LogP contribution in [-0.2, 0) is 10.9 Å². The van der Waals surface area contributed by atoms with Crippen LogP contribution in [0.25, 0.3) is 0 Å². The zero-order valence-electron chi connectivity index (χ0n) is 20.8. The number of hydrogen-bond donors (Lipinski definition) is 0. The molecule has 8 nitrogen and oxygen atoms in total. The van der Waals surface area contributed by atoms with Gasteiger partial charge >= 0.3 is 12.3 Å². The van der Waals surface area contributed by atoms with Crippen LogP contribution in [0.3, 0.4) is 0 Å². The summed E-state index contributed by atoms with van der Waals surface area (Å²) in [6, 6.07) is 4.69. The first-order valence-electron chi connectivity index (χ1n) is 12.5. The SMILES string of the molecule is O=C1C2=CC=C[C@H](N3CC4(CCN(c5ncc(C(F)(F)F)cc5Cl)CC4)COC3=O)N2C(=O)c2c(F)cccc21. The van der Waals surface area contributed by atoms with Crippen molar-refractivity contribution in [3.05, 3.63) is 81.9 Å². The molecule has 2 saturated heterocycles. The Labute approximate surface area is 230 Å². The lowest BCUT2D eigenvalue weighted by Crippen LogP contribution is -2.62. The van der Waals surface area contributed by atoms with E-state index in [1.54, 1.807) is 17.1 Å². The van der Waals surface area contributed by atoms with E-state index in [1.807, 2.05) is 0 Å². The van der Waals surface area contributed by atoms with Crippen LogP contribution >= 0.6 is 11.6 Å². The van der Waals surface area contributed by atoms with Gasteiger partial charge in [0.25, 0.3) is 5.91 Å². The van der Waals surface area contributed by atoms with Crippen molar-refractivity contribution < 1.29 is 36.7 Å². The monoisotopic (exact) mass is 576 g/mol. The lowest BCUT2D eigenvalue weighted by Gasteiger charge is -2.50. The van der Waals surface area contributed by atoms with Gasteiger partial charge in [-0.05, 0) is 43.2 Å². The van der Waals surface area contributed by atoms with Crippen molar-refractivity contribution in [2.75, 3.05) is 31.1 Å². The highest BCUT2D eigenvalue weighted by atomic mass is 35.5. The Balaban J connectivity index is 1.23. The van der Waals surface area contributed by atoms with Crippen molar-refractivity contribution in [3.63, 3.8) is 0 Å². The number of ketones is 1. The largest absolute Gasteiger partial charge is 0.449 e. The first-order valence-corrected chi connectivity index (χ1v) is 12.8. The average molecular weight is 577 g/mol. The molecule has 1 aromatic carbocycles. The maximum Gasteiger partial charge on any atom is 0.417 e. The molecule has 0 radical (unpaired) electrons. The zero-order valence-corrected chi connectivity index (χ0v) is 21.5. The molecule has 4 aliphatic heterocycles. The number of carbonyl (C=O) groups is 3. The second kappa shape index (κ2) is 9.33. The number of pyridine rings is 1. The minimum absolute atomic E-state index is 0.0286. The first kappa shape index (κ1) is 26.3. The lowest BCUT2D eigenvalue weighted by molar-refractivity contribution is -0.137. The summed E-state index contributed by atoms with van der Waals surface area (Å²) in [6.45, 7) is 1.05. The number of ether oxygens (including phenoxy) is 1. The highest BCUT2D eigenvalue weighted by molar-refractivity contribution is 6.33. The molecule has 4 aliphatic rings. The summed E-state index contributed by atoms with van der Waals surface area (Å²) >= 11 is 6.14. The van der Waals surface area contributed by atoms with Gasteiger partial charge in [-0.25, -0.2) is 14.2 Å². The van der Waals surface area contributed by atoms with E-state index in [4.69, 9.17) is 16.3 Å². The summed E-state index contributed by atoms with van der Waals surface area (Å²) in [7, 11) is 0. The number of anilines is 1. The van der Waals surface area contributed by atoms with Crippen LogP contribution in [0.5, 0.6) is 0 Å². The molecule has 0 N–H and O–H groups in total. The van der Waals surface area contributed by atoms with Crippen molar-refractivity contribution in [2.45, 2.75) is 25.2 Å². The number of halogens is 5. The molecule has 5 heterocycles. The summed E-state index contributed by atoms with van der Waals surface area (Å²) < 4.78 is 59.2. The number of hydrogen-bond acceptors (Lipinski definition) is 6. The Bertz CT molecular complexity index is 1500. The van der Waals surface area contributed by atoms with Crippen LogP contribution in [-0.4, -0.2) is 65.0 Å². The number of amides is 2. The van der Waals surface area contributed by atoms with Gasteiger partial charge in [-0.2, -0.15) is 13.2 Å². The predicted molar refractivity (Wildman–Crippen MR) is 134 cm³/mol. The third-order valence-electron chi connectivity index (χ3n) is 7.82. The lowest BCUT2D eigenvalue weighted by atomic mass is 9.77. The number of piperidine rings is 1. The van der Waals surface area contributed by atoms with E-state index < -0.39 is 46.9 Å². The van der Waals surface area contributed by atoms with Gasteiger partial charge in [-0.15, -0.1) is 0 Å². The normalized spacial score (nSPS) is 22.2. The summed E-state index contributed by atoms with van der Waals surface area (Å²) in [5.74, 6) is -1.86. The van der Waals surface area contributed by atoms with Crippen molar-refractivity contribution in [2.24, 2.45) is 5.41 Å². The molecule has 0 bridgehead atoms. The van der Waals surface area contributed by atoms with Gasteiger partial charge in [-0.3, -0.25) is 19.4 Å². The topological polar surface area (TPSA) is 83.1 Å². The smallest absolute Gasteiger partial charge is 0.417 e. The molecule has 208 valence electrons. The van der Waals surface area contributed by atoms with E-state index in [0.29, 0.717) is 25.9 Å². The Morgan fingerprint density at radius 2 is 1.88 bits per heavy atom. The summed E-state index contributed by atoms with van der Waals surface area (Å²) in [5.41, 5.74) is -1.83. The highest BCUT2D eigenvalue weighted by Crippen LogP contribution is 2.41. The second-order valence-corrected chi connectivity index (χ2v) is 10.6. The van der Waals surface area contributed by atoms with Crippen LogP contribution in [0, 0.1) is 11.2 Å². The number of Topliss-reactive ketones (excluding diaryl/α,β-unsaturated/α-hetero) is 1. The third kappa shape index (κ3) is 4.21. The van der Waals surface area contributed by atoms with Crippen LogP contribution in [0.1, 0.15) is 39.1 Å². The number of benzene rings is 1. The zero-order chi connectivity index (χ0) is 28.4. The van der Waals surface area contributed by atoms with Gasteiger partial charge in [-0.1, -0.05) is 23.7 Å². The van der Waals surface area contributed by atoms with Crippen LogP contribution in [0.4, 0.5) is 28.2 Å². The van der Waals surface area contributed by atoms with E-state index in [1.165, 1.54) is 23.1 Å². The quantitative estimate of drug-likeness (QED) is 0.466. The molecule has 2 fully saturated rings. The van der Waals surface area contributed by atoms with E-state index in [2.05, 4.69) is 4.98 Å². The molecular weight excluding hydrogens is 556 g/mol. The molecule has 2 aromatic rings. The van der Waals surface area contributed by atoms with Gasteiger partial charge in [0.15, 0.2) is 0 Å². The Morgan fingerprint density at radius 1 is 1.12 bits per heavy atom. The molecule has 40 heavy (non-hydrogen) atoms. The molecule has 0 aliphatic carbocycles. The standard InChI is InChI=1S/C27H21ClF4N4O4/c28-17-11-15(27(30,31)32)12-33-23(17)34-9-7-26(8-10-34)13-35(25(39)40-14-26)20-6-2-5-19-22(37)16-3-1-4-18(29)21(16)24(38)36(19)20/h1-6,11-12,20H,7-10,13-14H2/t20-/m1/s1. The van der Waals surface area contributed by atoms with E-state index >= 15 is 0 Å². The fraction of sp³-hybridized carbons (Fsp3) is 0.333. The minimum atomic E-state index is -4.56. The van der Waals surface area contributed by atoms with Gasteiger partial charge in [0.05, 0.1) is 21.8 Å².